The van der Waals surface area contributed by atoms with E-state index in [-0.39, 0.29) is 6.04 Å². The van der Waals surface area contributed by atoms with Gasteiger partial charge in [0.05, 0.1) is 12.5 Å². The van der Waals surface area contributed by atoms with Crippen LogP contribution in [0.15, 0.2) is 29.2 Å². The molecule has 0 bridgehead atoms. The first kappa shape index (κ1) is 12.0. The molecule has 0 radical (unpaired) electrons. The molecule has 1 unspecified atom stereocenters. The summed E-state index contributed by atoms with van der Waals surface area (Å²) in [6, 6.07) is 8.53. The van der Waals surface area contributed by atoms with Crippen LogP contribution in [0.4, 0.5) is 0 Å². The van der Waals surface area contributed by atoms with Crippen molar-refractivity contribution in [2.45, 2.75) is 30.7 Å². The van der Waals surface area contributed by atoms with Crippen LogP contribution in [0.25, 0.3) is 0 Å². The summed E-state index contributed by atoms with van der Waals surface area (Å²) in [6.45, 7) is 2.94. The predicted molar refractivity (Wildman–Crippen MR) is 68.4 cm³/mol. The molecule has 0 saturated heterocycles. The average Bonchev–Trinajstić information content (AvgIpc) is 3.09. The molecular formula is C13H19NOS. The second kappa shape index (κ2) is 5.71. The second-order valence-electron chi connectivity index (χ2n) is 4.43. The Kier molecular flexibility index (Phi) is 4.27. The lowest BCUT2D eigenvalue weighted by molar-refractivity contribution is 0.171. The summed E-state index contributed by atoms with van der Waals surface area (Å²) >= 11 is 1.75. The maximum Gasteiger partial charge on any atom is 0.0967 e. The van der Waals surface area contributed by atoms with E-state index in [2.05, 4.69) is 24.3 Å². The van der Waals surface area contributed by atoms with Gasteiger partial charge in [-0.05, 0) is 43.4 Å². The molecule has 0 aromatic heterocycles. The van der Waals surface area contributed by atoms with Crippen LogP contribution in [0.1, 0.15) is 31.4 Å². The molecule has 1 fully saturated rings. The van der Waals surface area contributed by atoms with E-state index in [0.29, 0.717) is 0 Å². The maximum atomic E-state index is 5.79. The van der Waals surface area contributed by atoms with E-state index in [1.165, 1.54) is 23.3 Å². The molecule has 1 aromatic rings. The zero-order valence-electron chi connectivity index (χ0n) is 9.69. The van der Waals surface area contributed by atoms with Gasteiger partial charge < -0.3 is 10.5 Å². The van der Waals surface area contributed by atoms with Crippen LogP contribution in [0, 0.1) is 5.92 Å². The van der Waals surface area contributed by atoms with Crippen LogP contribution in [0.3, 0.4) is 0 Å². The number of thioether (sulfide) groups is 1. The van der Waals surface area contributed by atoms with Gasteiger partial charge in [0.25, 0.3) is 0 Å². The van der Waals surface area contributed by atoms with Crippen LogP contribution < -0.4 is 5.73 Å². The van der Waals surface area contributed by atoms with Crippen LogP contribution in [0.2, 0.25) is 0 Å². The Morgan fingerprint density at radius 2 is 2.06 bits per heavy atom. The molecule has 1 aliphatic rings. The van der Waals surface area contributed by atoms with Gasteiger partial charge in [-0.2, -0.15) is 0 Å². The summed E-state index contributed by atoms with van der Waals surface area (Å²) in [6.07, 6.45) is 2.71. The van der Waals surface area contributed by atoms with E-state index in [0.717, 1.165) is 18.5 Å². The summed E-state index contributed by atoms with van der Waals surface area (Å²) in [5.74, 6) is 1.61. The second-order valence-corrected chi connectivity index (χ2v) is 5.43. The Hall–Kier alpha value is -0.510. The molecule has 1 aromatic carbocycles. The summed E-state index contributed by atoms with van der Waals surface area (Å²) < 4.78 is 5.58. The van der Waals surface area contributed by atoms with Gasteiger partial charge in [0.2, 0.25) is 0 Å². The van der Waals surface area contributed by atoms with Crippen molar-refractivity contribution < 1.29 is 4.74 Å². The lowest BCUT2D eigenvalue weighted by Gasteiger charge is -2.07. The molecule has 2 nitrogen and oxygen atoms in total. The molecule has 16 heavy (non-hydrogen) atoms. The molecule has 3 heteroatoms. The quantitative estimate of drug-likeness (QED) is 0.469. The lowest BCUT2D eigenvalue weighted by Crippen LogP contribution is -2.04. The molecule has 2 N–H and O–H groups in total. The first-order valence-corrected chi connectivity index (χ1v) is 6.80. The number of ether oxygens (including phenoxy) is 1. The monoisotopic (exact) mass is 237 g/mol. The third-order valence-corrected chi connectivity index (χ3v) is 3.66. The maximum absolute atomic E-state index is 5.79. The topological polar surface area (TPSA) is 35.2 Å². The average molecular weight is 237 g/mol. The molecule has 0 spiro atoms. The van der Waals surface area contributed by atoms with Crippen molar-refractivity contribution >= 4 is 11.8 Å². The third kappa shape index (κ3) is 3.81. The van der Waals surface area contributed by atoms with E-state index in [1.54, 1.807) is 11.8 Å². The van der Waals surface area contributed by atoms with Gasteiger partial charge in [0.15, 0.2) is 0 Å². The van der Waals surface area contributed by atoms with Gasteiger partial charge in [0, 0.05) is 10.9 Å². The highest BCUT2D eigenvalue weighted by atomic mass is 32.2. The SMILES string of the molecule is CC(N)c1ccc(SCOCC2CC2)cc1. The fraction of sp³-hybridized carbons (Fsp3) is 0.538. The molecule has 1 aliphatic carbocycles. The first-order chi connectivity index (χ1) is 7.75. The van der Waals surface area contributed by atoms with Crippen molar-refractivity contribution in [3.05, 3.63) is 29.8 Å². The Morgan fingerprint density at radius 3 is 2.62 bits per heavy atom. The molecule has 1 saturated carbocycles. The zero-order valence-corrected chi connectivity index (χ0v) is 10.5. The zero-order chi connectivity index (χ0) is 11.4. The highest BCUT2D eigenvalue weighted by Crippen LogP contribution is 2.29. The summed E-state index contributed by atoms with van der Waals surface area (Å²) in [4.78, 5) is 1.25. The van der Waals surface area contributed by atoms with Crippen molar-refractivity contribution in [2.75, 3.05) is 12.5 Å². The van der Waals surface area contributed by atoms with E-state index < -0.39 is 0 Å². The van der Waals surface area contributed by atoms with Gasteiger partial charge in [-0.15, -0.1) is 0 Å². The lowest BCUT2D eigenvalue weighted by atomic mass is 10.1. The summed E-state index contributed by atoms with van der Waals surface area (Å²) in [7, 11) is 0. The van der Waals surface area contributed by atoms with Crippen molar-refractivity contribution in [1.29, 1.82) is 0 Å². The molecule has 1 atom stereocenters. The fourth-order valence-corrected chi connectivity index (χ4v) is 2.12. The van der Waals surface area contributed by atoms with Crippen molar-refractivity contribution in [2.24, 2.45) is 11.7 Å². The van der Waals surface area contributed by atoms with Crippen LogP contribution in [0.5, 0.6) is 0 Å². The normalized spacial score (nSPS) is 17.4. The van der Waals surface area contributed by atoms with Crippen molar-refractivity contribution in [3.63, 3.8) is 0 Å². The standard InChI is InChI=1S/C13H19NOS/c1-10(14)12-4-6-13(7-5-12)16-9-15-8-11-2-3-11/h4-7,10-11H,2-3,8-9,14H2,1H3. The van der Waals surface area contributed by atoms with Gasteiger partial charge in [0.1, 0.15) is 0 Å². The van der Waals surface area contributed by atoms with Crippen LogP contribution >= 0.6 is 11.8 Å². The van der Waals surface area contributed by atoms with Crippen molar-refractivity contribution in [1.82, 2.24) is 0 Å². The Morgan fingerprint density at radius 1 is 1.38 bits per heavy atom. The van der Waals surface area contributed by atoms with Gasteiger partial charge in [-0.25, -0.2) is 0 Å². The molecule has 0 amide bonds. The molecule has 88 valence electrons. The third-order valence-electron chi connectivity index (χ3n) is 2.77. The number of hydrogen-bond donors (Lipinski definition) is 1. The fourth-order valence-electron chi connectivity index (χ4n) is 1.48. The number of rotatable bonds is 6. The highest BCUT2D eigenvalue weighted by molar-refractivity contribution is 7.99. The van der Waals surface area contributed by atoms with Gasteiger partial charge in [-0.1, -0.05) is 23.9 Å². The van der Waals surface area contributed by atoms with E-state index in [4.69, 9.17) is 10.5 Å². The Labute approximate surface area is 102 Å². The van der Waals surface area contributed by atoms with Crippen LogP contribution in [-0.4, -0.2) is 12.5 Å². The molecule has 0 aliphatic heterocycles. The van der Waals surface area contributed by atoms with Gasteiger partial charge >= 0.3 is 0 Å². The van der Waals surface area contributed by atoms with Crippen molar-refractivity contribution in [3.8, 4) is 0 Å². The molecule has 2 rings (SSSR count). The van der Waals surface area contributed by atoms with E-state index in [1.807, 2.05) is 6.92 Å². The van der Waals surface area contributed by atoms with E-state index in [9.17, 15) is 0 Å². The number of benzene rings is 1. The summed E-state index contributed by atoms with van der Waals surface area (Å²) in [5.41, 5.74) is 6.98. The van der Waals surface area contributed by atoms with E-state index >= 15 is 0 Å². The first-order valence-electron chi connectivity index (χ1n) is 5.82. The Bertz CT molecular complexity index is 319. The largest absolute Gasteiger partial charge is 0.370 e. The minimum Gasteiger partial charge on any atom is -0.370 e. The minimum atomic E-state index is 0.116. The van der Waals surface area contributed by atoms with Gasteiger partial charge in [-0.3, -0.25) is 0 Å². The smallest absolute Gasteiger partial charge is 0.0967 e. The summed E-state index contributed by atoms with van der Waals surface area (Å²) in [5, 5.41) is 0. The predicted octanol–water partition coefficient (Wildman–Crippen LogP) is 3.18. The Balaban J connectivity index is 1.71. The van der Waals surface area contributed by atoms with Crippen LogP contribution in [-0.2, 0) is 4.74 Å². The molecular weight excluding hydrogens is 218 g/mol. The number of nitrogens with two attached hydrogens (primary N) is 1. The highest BCUT2D eigenvalue weighted by Gasteiger charge is 2.20. The molecule has 0 heterocycles. The minimum absolute atomic E-state index is 0.116. The number of hydrogen-bond acceptors (Lipinski definition) is 3.